The van der Waals surface area contributed by atoms with Crippen LogP contribution in [0, 0.1) is 0 Å². The lowest BCUT2D eigenvalue weighted by atomic mass is 10.1. The van der Waals surface area contributed by atoms with E-state index in [2.05, 4.69) is 17.3 Å². The van der Waals surface area contributed by atoms with Crippen molar-refractivity contribution in [2.24, 2.45) is 0 Å². The quantitative estimate of drug-likeness (QED) is 0.598. The van der Waals surface area contributed by atoms with Gasteiger partial charge in [0.2, 0.25) is 0 Å². The summed E-state index contributed by atoms with van der Waals surface area (Å²) in [5.41, 5.74) is 5.78. The molecule has 0 aliphatic carbocycles. The van der Waals surface area contributed by atoms with E-state index in [1.165, 1.54) is 11.3 Å². The van der Waals surface area contributed by atoms with Crippen LogP contribution in [0.1, 0.15) is 18.5 Å². The highest BCUT2D eigenvalue weighted by molar-refractivity contribution is 5.55. The van der Waals surface area contributed by atoms with Crippen molar-refractivity contribution in [1.29, 1.82) is 0 Å². The van der Waals surface area contributed by atoms with E-state index in [0.717, 1.165) is 0 Å². The molecule has 0 aromatic carbocycles. The number of nitrogens with zero attached hydrogens (tertiary/aromatic N) is 2. The Hall–Kier alpha value is -1.09. The molecule has 11 heavy (non-hydrogen) atoms. The van der Waals surface area contributed by atoms with Crippen LogP contribution in [-0.4, -0.2) is 12.0 Å². The van der Waals surface area contributed by atoms with Gasteiger partial charge in [-0.25, -0.2) is 5.43 Å². The van der Waals surface area contributed by atoms with Crippen LogP contribution >= 0.6 is 0 Å². The van der Waals surface area contributed by atoms with Gasteiger partial charge in [-0.15, -0.1) is 0 Å². The van der Waals surface area contributed by atoms with Crippen LogP contribution in [0.15, 0.2) is 18.5 Å². The first-order chi connectivity index (χ1) is 5.29. The molecule has 58 valence electrons. The van der Waals surface area contributed by atoms with E-state index in [4.69, 9.17) is 0 Å². The standard InChI is InChI=1S/C8H11N3/c1-6-7-5-9-4-3-8(7)11(2)10-6/h3-6,10H,1-2H3. The van der Waals surface area contributed by atoms with Crippen LogP contribution in [0.25, 0.3) is 0 Å². The first-order valence-corrected chi connectivity index (χ1v) is 3.73. The molecule has 1 aliphatic heterocycles. The number of rotatable bonds is 0. The summed E-state index contributed by atoms with van der Waals surface area (Å²) in [6.45, 7) is 2.13. The molecule has 0 fully saturated rings. The van der Waals surface area contributed by atoms with E-state index in [-0.39, 0.29) is 0 Å². The zero-order chi connectivity index (χ0) is 7.84. The van der Waals surface area contributed by atoms with Crippen LogP contribution in [0.3, 0.4) is 0 Å². The molecule has 0 saturated heterocycles. The second-order valence-electron chi connectivity index (χ2n) is 2.84. The maximum Gasteiger partial charge on any atom is 0.0595 e. The highest BCUT2D eigenvalue weighted by atomic mass is 15.5. The Kier molecular flexibility index (Phi) is 1.32. The summed E-state index contributed by atoms with van der Waals surface area (Å²) in [5, 5.41) is 2.03. The van der Waals surface area contributed by atoms with Gasteiger partial charge in [0.05, 0.1) is 11.7 Å². The van der Waals surface area contributed by atoms with Gasteiger partial charge in [0.1, 0.15) is 0 Å². The number of nitrogens with one attached hydrogen (secondary N) is 1. The summed E-state index contributed by atoms with van der Waals surface area (Å²) < 4.78 is 0. The smallest absolute Gasteiger partial charge is 0.0595 e. The molecule has 3 heteroatoms. The third-order valence-electron chi connectivity index (χ3n) is 2.04. The number of hydrogen-bond acceptors (Lipinski definition) is 3. The molecule has 1 atom stereocenters. The minimum atomic E-state index is 0.392. The van der Waals surface area contributed by atoms with E-state index < -0.39 is 0 Å². The summed E-state index contributed by atoms with van der Waals surface area (Å²) in [6.07, 6.45) is 3.73. The van der Waals surface area contributed by atoms with Gasteiger partial charge >= 0.3 is 0 Å². The second-order valence-corrected chi connectivity index (χ2v) is 2.84. The zero-order valence-electron chi connectivity index (χ0n) is 6.70. The second kappa shape index (κ2) is 2.20. The van der Waals surface area contributed by atoms with Crippen LogP contribution in [0.4, 0.5) is 5.69 Å². The van der Waals surface area contributed by atoms with Crippen molar-refractivity contribution in [3.63, 3.8) is 0 Å². The molecule has 1 unspecified atom stereocenters. The normalized spacial score (nSPS) is 22.0. The maximum atomic E-state index is 4.07. The fraction of sp³-hybridized carbons (Fsp3) is 0.375. The molecule has 1 aromatic rings. The Morgan fingerprint density at radius 3 is 3.18 bits per heavy atom. The average Bonchev–Trinajstić information content (AvgIpc) is 2.30. The molecule has 2 heterocycles. The average molecular weight is 149 g/mol. The predicted molar refractivity (Wildman–Crippen MR) is 44.2 cm³/mol. The first kappa shape index (κ1) is 6.61. The van der Waals surface area contributed by atoms with Gasteiger partial charge in [-0.2, -0.15) is 0 Å². The van der Waals surface area contributed by atoms with E-state index >= 15 is 0 Å². The minimum absolute atomic E-state index is 0.392. The SMILES string of the molecule is CC1NN(C)c2ccncc21. The van der Waals surface area contributed by atoms with E-state index in [0.29, 0.717) is 6.04 Å². The van der Waals surface area contributed by atoms with Gasteiger partial charge in [0.15, 0.2) is 0 Å². The molecular formula is C8H11N3. The summed E-state index contributed by atoms with van der Waals surface area (Å²) in [6, 6.07) is 2.41. The highest BCUT2D eigenvalue weighted by Gasteiger charge is 2.21. The van der Waals surface area contributed by atoms with E-state index in [1.54, 1.807) is 0 Å². The molecule has 0 bridgehead atoms. The molecule has 0 spiro atoms. The summed E-state index contributed by atoms with van der Waals surface area (Å²) in [5.74, 6) is 0. The lowest BCUT2D eigenvalue weighted by Crippen LogP contribution is -2.28. The lowest BCUT2D eigenvalue weighted by molar-refractivity contribution is 0.616. The molecule has 1 N–H and O–H groups in total. The molecule has 0 amide bonds. The zero-order valence-corrected chi connectivity index (χ0v) is 6.70. The molecule has 0 radical (unpaired) electrons. The van der Waals surface area contributed by atoms with Crippen molar-refractivity contribution < 1.29 is 0 Å². The minimum Gasteiger partial charge on any atom is -0.310 e. The molecule has 2 rings (SSSR count). The topological polar surface area (TPSA) is 28.2 Å². The number of pyridine rings is 1. The number of hydrogen-bond donors (Lipinski definition) is 1. The molecular weight excluding hydrogens is 138 g/mol. The van der Waals surface area contributed by atoms with Crippen LogP contribution in [0.2, 0.25) is 0 Å². The first-order valence-electron chi connectivity index (χ1n) is 3.73. The summed E-state index contributed by atoms with van der Waals surface area (Å²) >= 11 is 0. The van der Waals surface area contributed by atoms with Crippen molar-refractivity contribution in [2.75, 3.05) is 12.1 Å². The van der Waals surface area contributed by atoms with Crippen molar-refractivity contribution in [1.82, 2.24) is 10.4 Å². The van der Waals surface area contributed by atoms with Crippen LogP contribution in [0.5, 0.6) is 0 Å². The van der Waals surface area contributed by atoms with Gasteiger partial charge in [-0.1, -0.05) is 0 Å². The Bertz CT molecular complexity index is 245. The number of anilines is 1. The monoisotopic (exact) mass is 149 g/mol. The fourth-order valence-electron chi connectivity index (χ4n) is 1.47. The van der Waals surface area contributed by atoms with Crippen molar-refractivity contribution >= 4 is 5.69 Å². The van der Waals surface area contributed by atoms with Crippen molar-refractivity contribution in [3.05, 3.63) is 24.0 Å². The van der Waals surface area contributed by atoms with Gasteiger partial charge in [0, 0.05) is 25.0 Å². The van der Waals surface area contributed by atoms with E-state index in [9.17, 15) is 0 Å². The largest absolute Gasteiger partial charge is 0.310 e. The van der Waals surface area contributed by atoms with Gasteiger partial charge < -0.3 is 5.01 Å². The van der Waals surface area contributed by atoms with Gasteiger partial charge in [-0.3, -0.25) is 4.98 Å². The molecule has 3 nitrogen and oxygen atoms in total. The highest BCUT2D eigenvalue weighted by Crippen LogP contribution is 2.29. The Morgan fingerprint density at radius 2 is 2.45 bits per heavy atom. The third-order valence-corrected chi connectivity index (χ3v) is 2.04. The third kappa shape index (κ3) is 0.886. The maximum absolute atomic E-state index is 4.07. The van der Waals surface area contributed by atoms with E-state index in [1.807, 2.05) is 30.5 Å². The summed E-state index contributed by atoms with van der Waals surface area (Å²) in [7, 11) is 2.02. The van der Waals surface area contributed by atoms with Gasteiger partial charge in [0.25, 0.3) is 0 Å². The Balaban J connectivity index is 2.52. The van der Waals surface area contributed by atoms with Gasteiger partial charge in [-0.05, 0) is 13.0 Å². The lowest BCUT2D eigenvalue weighted by Gasteiger charge is -2.11. The number of hydrazine groups is 1. The predicted octanol–water partition coefficient (Wildman–Crippen LogP) is 1.10. The molecule has 0 saturated carbocycles. The van der Waals surface area contributed by atoms with Crippen molar-refractivity contribution in [2.45, 2.75) is 13.0 Å². The number of fused-ring (bicyclic) bond motifs is 1. The molecule has 1 aromatic heterocycles. The fourth-order valence-corrected chi connectivity index (χ4v) is 1.47. The van der Waals surface area contributed by atoms with Crippen LogP contribution < -0.4 is 10.4 Å². The Labute approximate surface area is 66.0 Å². The Morgan fingerprint density at radius 1 is 1.64 bits per heavy atom. The van der Waals surface area contributed by atoms with Crippen LogP contribution in [-0.2, 0) is 0 Å². The summed E-state index contributed by atoms with van der Waals surface area (Å²) in [4.78, 5) is 4.07. The molecule has 1 aliphatic rings. The van der Waals surface area contributed by atoms with Crippen molar-refractivity contribution in [3.8, 4) is 0 Å². The number of aromatic nitrogens is 1.